The highest BCUT2D eigenvalue weighted by Crippen LogP contribution is 2.27. The largest absolute Gasteiger partial charge is 0.573 e. The van der Waals surface area contributed by atoms with Crippen LogP contribution in [-0.2, 0) is 6.61 Å². The standard InChI is InChI=1S/C22H16ClF3N4O3/c23-14-4-2-5-15(10-14)27-21(31)28-20-18-11-16(7-8-19(18)29-30-20)32-12-13-3-1-6-17(9-13)33-22(24,25)26/h1-11H,12H2,(H3,27,28,29,30,31). The van der Waals surface area contributed by atoms with Crippen LogP contribution in [0.1, 0.15) is 5.56 Å². The number of carbonyl (C=O) groups is 1. The number of aromatic amines is 1. The molecule has 0 bridgehead atoms. The van der Waals surface area contributed by atoms with Gasteiger partial charge in [0.15, 0.2) is 5.82 Å². The number of rotatable bonds is 6. The molecule has 0 saturated carbocycles. The number of alkyl halides is 3. The van der Waals surface area contributed by atoms with E-state index in [2.05, 4.69) is 25.6 Å². The van der Waals surface area contributed by atoms with E-state index in [1.807, 2.05) is 0 Å². The van der Waals surface area contributed by atoms with Gasteiger partial charge < -0.3 is 14.8 Å². The number of nitrogens with zero attached hydrogens (tertiary/aromatic N) is 1. The molecule has 4 aromatic rings. The van der Waals surface area contributed by atoms with Gasteiger partial charge in [-0.25, -0.2) is 4.79 Å². The molecule has 0 spiro atoms. The van der Waals surface area contributed by atoms with Crippen LogP contribution in [0.2, 0.25) is 5.02 Å². The number of halogens is 4. The summed E-state index contributed by atoms with van der Waals surface area (Å²) in [6, 6.07) is 16.7. The molecule has 0 saturated heterocycles. The molecule has 4 rings (SSSR count). The molecule has 170 valence electrons. The Morgan fingerprint density at radius 1 is 1.00 bits per heavy atom. The fourth-order valence-corrected chi connectivity index (χ4v) is 3.20. The zero-order valence-corrected chi connectivity index (χ0v) is 17.5. The summed E-state index contributed by atoms with van der Waals surface area (Å²) in [4.78, 5) is 12.3. The Labute approximate surface area is 190 Å². The van der Waals surface area contributed by atoms with Crippen LogP contribution in [0.4, 0.5) is 29.5 Å². The van der Waals surface area contributed by atoms with Gasteiger partial charge in [0.05, 0.1) is 5.52 Å². The lowest BCUT2D eigenvalue weighted by molar-refractivity contribution is -0.274. The van der Waals surface area contributed by atoms with Crippen molar-refractivity contribution in [2.45, 2.75) is 13.0 Å². The number of aromatic nitrogens is 2. The Balaban J connectivity index is 1.43. The van der Waals surface area contributed by atoms with E-state index < -0.39 is 12.4 Å². The number of amides is 2. The Hall–Kier alpha value is -3.92. The molecule has 0 aliphatic carbocycles. The normalized spacial score (nSPS) is 11.3. The Kier molecular flexibility index (Phi) is 6.27. The third-order valence-electron chi connectivity index (χ3n) is 4.39. The molecule has 1 heterocycles. The van der Waals surface area contributed by atoms with E-state index in [-0.39, 0.29) is 18.2 Å². The van der Waals surface area contributed by atoms with Crippen molar-refractivity contribution in [2.24, 2.45) is 0 Å². The molecule has 3 aromatic carbocycles. The lowest BCUT2D eigenvalue weighted by atomic mass is 10.2. The first-order chi connectivity index (χ1) is 15.7. The van der Waals surface area contributed by atoms with Crippen molar-refractivity contribution in [1.29, 1.82) is 0 Å². The molecule has 7 nitrogen and oxygen atoms in total. The second kappa shape index (κ2) is 9.29. The van der Waals surface area contributed by atoms with Gasteiger partial charge in [-0.3, -0.25) is 10.4 Å². The van der Waals surface area contributed by atoms with E-state index in [0.29, 0.717) is 32.9 Å². The summed E-state index contributed by atoms with van der Waals surface area (Å²) in [5, 5.41) is 13.3. The van der Waals surface area contributed by atoms with Gasteiger partial charge in [-0.05, 0) is 54.1 Å². The minimum absolute atomic E-state index is 0.0103. The van der Waals surface area contributed by atoms with Crippen LogP contribution < -0.4 is 20.1 Å². The van der Waals surface area contributed by atoms with Crippen molar-refractivity contribution in [1.82, 2.24) is 10.2 Å². The second-order valence-corrected chi connectivity index (χ2v) is 7.29. The SMILES string of the molecule is O=C(Nc1cccc(Cl)c1)Nc1n[nH]c2ccc(OCc3cccc(OC(F)(F)F)c3)cc12. The van der Waals surface area contributed by atoms with Gasteiger partial charge in [0.2, 0.25) is 0 Å². The van der Waals surface area contributed by atoms with Gasteiger partial charge in [-0.1, -0.05) is 29.8 Å². The average Bonchev–Trinajstić information content (AvgIpc) is 3.13. The summed E-state index contributed by atoms with van der Waals surface area (Å²) >= 11 is 5.92. The molecule has 0 aliphatic rings. The number of fused-ring (bicyclic) bond motifs is 1. The Bertz CT molecular complexity index is 1290. The zero-order chi connectivity index (χ0) is 23.4. The van der Waals surface area contributed by atoms with Gasteiger partial charge in [0.1, 0.15) is 18.1 Å². The van der Waals surface area contributed by atoms with Gasteiger partial charge in [0, 0.05) is 16.1 Å². The molecular formula is C22H16ClF3N4O3. The van der Waals surface area contributed by atoms with Crippen LogP contribution in [0.3, 0.4) is 0 Å². The molecule has 0 aliphatic heterocycles. The van der Waals surface area contributed by atoms with E-state index in [1.165, 1.54) is 18.2 Å². The third-order valence-corrected chi connectivity index (χ3v) is 4.62. The van der Waals surface area contributed by atoms with Crippen molar-refractivity contribution < 1.29 is 27.4 Å². The quantitative estimate of drug-likeness (QED) is 0.303. The van der Waals surface area contributed by atoms with Crippen LogP contribution in [0, 0.1) is 0 Å². The number of nitrogens with one attached hydrogen (secondary N) is 3. The summed E-state index contributed by atoms with van der Waals surface area (Å²) in [6.07, 6.45) is -4.77. The van der Waals surface area contributed by atoms with E-state index in [9.17, 15) is 18.0 Å². The minimum Gasteiger partial charge on any atom is -0.489 e. The molecule has 11 heteroatoms. The maximum Gasteiger partial charge on any atom is 0.573 e. The first-order valence-corrected chi connectivity index (χ1v) is 9.92. The lowest BCUT2D eigenvalue weighted by Gasteiger charge is -2.11. The summed E-state index contributed by atoms with van der Waals surface area (Å²) < 4.78 is 46.8. The van der Waals surface area contributed by atoms with E-state index in [4.69, 9.17) is 16.3 Å². The maximum atomic E-state index is 12.4. The predicted molar refractivity (Wildman–Crippen MR) is 118 cm³/mol. The second-order valence-electron chi connectivity index (χ2n) is 6.85. The number of urea groups is 1. The lowest BCUT2D eigenvalue weighted by Crippen LogP contribution is -2.19. The van der Waals surface area contributed by atoms with Crippen LogP contribution >= 0.6 is 11.6 Å². The Morgan fingerprint density at radius 3 is 2.61 bits per heavy atom. The number of H-pyrrole nitrogens is 1. The third kappa shape index (κ3) is 6.07. The fraction of sp³-hybridized carbons (Fsp3) is 0.0909. The topological polar surface area (TPSA) is 88.3 Å². The van der Waals surface area contributed by atoms with Crippen LogP contribution in [0.5, 0.6) is 11.5 Å². The molecular weight excluding hydrogens is 461 g/mol. The van der Waals surface area contributed by atoms with Crippen molar-refractivity contribution in [3.63, 3.8) is 0 Å². The summed E-state index contributed by atoms with van der Waals surface area (Å²) in [5.41, 5.74) is 1.66. The maximum absolute atomic E-state index is 12.4. The zero-order valence-electron chi connectivity index (χ0n) is 16.7. The number of hydrogen-bond acceptors (Lipinski definition) is 4. The molecule has 33 heavy (non-hydrogen) atoms. The summed E-state index contributed by atoms with van der Waals surface area (Å²) in [7, 11) is 0. The van der Waals surface area contributed by atoms with Gasteiger partial charge in [-0.2, -0.15) is 5.10 Å². The fourth-order valence-electron chi connectivity index (χ4n) is 3.01. The first kappa shape index (κ1) is 22.3. The number of anilines is 2. The number of benzene rings is 3. The van der Waals surface area contributed by atoms with Crippen LogP contribution in [-0.4, -0.2) is 22.6 Å². The van der Waals surface area contributed by atoms with Gasteiger partial charge in [0.25, 0.3) is 0 Å². The highest BCUT2D eigenvalue weighted by molar-refractivity contribution is 6.30. The van der Waals surface area contributed by atoms with Crippen molar-refractivity contribution in [3.8, 4) is 11.5 Å². The van der Waals surface area contributed by atoms with Crippen molar-refractivity contribution in [3.05, 3.63) is 77.3 Å². The monoisotopic (exact) mass is 476 g/mol. The summed E-state index contributed by atoms with van der Waals surface area (Å²) in [5.74, 6) is 0.381. The number of hydrogen-bond donors (Lipinski definition) is 3. The highest BCUT2D eigenvalue weighted by Gasteiger charge is 2.31. The number of carbonyl (C=O) groups excluding carboxylic acids is 1. The van der Waals surface area contributed by atoms with E-state index in [1.54, 1.807) is 48.5 Å². The first-order valence-electron chi connectivity index (χ1n) is 9.54. The van der Waals surface area contributed by atoms with Crippen molar-refractivity contribution >= 4 is 40.0 Å². The molecule has 3 N–H and O–H groups in total. The van der Waals surface area contributed by atoms with Gasteiger partial charge >= 0.3 is 12.4 Å². The predicted octanol–water partition coefficient (Wildman–Crippen LogP) is 6.34. The Morgan fingerprint density at radius 2 is 1.82 bits per heavy atom. The van der Waals surface area contributed by atoms with Gasteiger partial charge in [-0.15, -0.1) is 13.2 Å². The molecule has 0 radical (unpaired) electrons. The molecule has 0 atom stereocenters. The summed E-state index contributed by atoms with van der Waals surface area (Å²) in [6.45, 7) is 0.0103. The van der Waals surface area contributed by atoms with Crippen molar-refractivity contribution in [2.75, 3.05) is 10.6 Å². The van der Waals surface area contributed by atoms with Crippen LogP contribution in [0.25, 0.3) is 10.9 Å². The minimum atomic E-state index is -4.77. The molecule has 0 fully saturated rings. The molecule has 0 unspecified atom stereocenters. The van der Waals surface area contributed by atoms with E-state index >= 15 is 0 Å². The molecule has 1 aromatic heterocycles. The average molecular weight is 477 g/mol. The smallest absolute Gasteiger partial charge is 0.489 e. The highest BCUT2D eigenvalue weighted by atomic mass is 35.5. The number of ether oxygens (including phenoxy) is 2. The molecule has 2 amide bonds. The van der Waals surface area contributed by atoms with E-state index in [0.717, 1.165) is 0 Å². The van der Waals surface area contributed by atoms with Crippen LogP contribution in [0.15, 0.2) is 66.7 Å².